The molecule has 0 heterocycles. The molecule has 2 amide bonds. The van der Waals surface area contributed by atoms with Crippen LogP contribution in [-0.4, -0.2) is 23.3 Å². The van der Waals surface area contributed by atoms with E-state index in [1.807, 2.05) is 0 Å². The van der Waals surface area contributed by atoms with E-state index >= 15 is 0 Å². The lowest BCUT2D eigenvalue weighted by Crippen LogP contribution is -2.18. The first-order valence-corrected chi connectivity index (χ1v) is 8.72. The largest absolute Gasteiger partial charge is 0.325 e. The SMILES string of the molecule is O=C(CSCC(=O)Nc1cc(Cl)cc(Cl)c1)Nc1ccc(F)cc1. The fourth-order valence-electron chi connectivity index (χ4n) is 1.79. The van der Waals surface area contributed by atoms with Gasteiger partial charge in [0.1, 0.15) is 5.82 Å². The second kappa shape index (κ2) is 8.92. The van der Waals surface area contributed by atoms with Crippen LogP contribution in [-0.2, 0) is 9.59 Å². The molecule has 0 radical (unpaired) electrons. The van der Waals surface area contributed by atoms with Gasteiger partial charge in [0.15, 0.2) is 0 Å². The Morgan fingerprint density at radius 3 is 1.92 bits per heavy atom. The highest BCUT2D eigenvalue weighted by Crippen LogP contribution is 2.22. The zero-order chi connectivity index (χ0) is 17.5. The van der Waals surface area contributed by atoms with E-state index in [0.29, 0.717) is 21.4 Å². The molecule has 0 bridgehead atoms. The first-order valence-electron chi connectivity index (χ1n) is 6.81. The number of nitrogens with one attached hydrogen (secondary N) is 2. The standard InChI is InChI=1S/C16H13Cl2FN2O2S/c17-10-5-11(18)7-14(6-10)21-16(23)9-24-8-15(22)20-13-3-1-12(19)2-4-13/h1-7H,8-9H2,(H,20,22)(H,21,23). The summed E-state index contributed by atoms with van der Waals surface area (Å²) in [6, 6.07) is 10.2. The molecule has 0 atom stereocenters. The lowest BCUT2D eigenvalue weighted by atomic mass is 10.3. The van der Waals surface area contributed by atoms with Crippen molar-refractivity contribution in [3.63, 3.8) is 0 Å². The van der Waals surface area contributed by atoms with Crippen LogP contribution in [0.2, 0.25) is 10.0 Å². The zero-order valence-corrected chi connectivity index (χ0v) is 14.6. The first-order chi connectivity index (χ1) is 11.4. The van der Waals surface area contributed by atoms with E-state index in [4.69, 9.17) is 23.2 Å². The Labute approximate surface area is 152 Å². The Morgan fingerprint density at radius 2 is 1.38 bits per heavy atom. The van der Waals surface area contributed by atoms with Crippen molar-refractivity contribution in [1.29, 1.82) is 0 Å². The van der Waals surface area contributed by atoms with E-state index in [9.17, 15) is 14.0 Å². The lowest BCUT2D eigenvalue weighted by molar-refractivity contribution is -0.114. The molecule has 0 aliphatic carbocycles. The minimum absolute atomic E-state index is 0.0982. The molecule has 0 aromatic heterocycles. The summed E-state index contributed by atoms with van der Waals surface area (Å²) >= 11 is 12.9. The minimum atomic E-state index is -0.375. The van der Waals surface area contributed by atoms with Gasteiger partial charge < -0.3 is 10.6 Å². The highest BCUT2D eigenvalue weighted by atomic mass is 35.5. The zero-order valence-electron chi connectivity index (χ0n) is 12.3. The summed E-state index contributed by atoms with van der Waals surface area (Å²) in [6.45, 7) is 0. The van der Waals surface area contributed by atoms with Crippen molar-refractivity contribution in [3.05, 3.63) is 58.3 Å². The molecule has 0 spiro atoms. The van der Waals surface area contributed by atoms with Crippen molar-refractivity contribution in [3.8, 4) is 0 Å². The van der Waals surface area contributed by atoms with Crippen LogP contribution < -0.4 is 10.6 Å². The molecule has 4 nitrogen and oxygen atoms in total. The van der Waals surface area contributed by atoms with E-state index in [1.165, 1.54) is 24.3 Å². The van der Waals surface area contributed by atoms with Gasteiger partial charge in [-0.15, -0.1) is 11.8 Å². The van der Waals surface area contributed by atoms with Gasteiger partial charge in [-0.2, -0.15) is 0 Å². The van der Waals surface area contributed by atoms with E-state index in [1.54, 1.807) is 18.2 Å². The van der Waals surface area contributed by atoms with Crippen LogP contribution in [0, 0.1) is 5.82 Å². The molecule has 0 aliphatic heterocycles. The first kappa shape index (κ1) is 18.6. The summed E-state index contributed by atoms with van der Waals surface area (Å²) in [5.41, 5.74) is 0.994. The Hall–Kier alpha value is -1.76. The van der Waals surface area contributed by atoms with Crippen LogP contribution in [0.1, 0.15) is 0 Å². The molecular formula is C16H13Cl2FN2O2S. The molecule has 126 valence electrons. The van der Waals surface area contributed by atoms with E-state index in [0.717, 1.165) is 11.8 Å². The van der Waals surface area contributed by atoms with Gasteiger partial charge >= 0.3 is 0 Å². The smallest absolute Gasteiger partial charge is 0.234 e. The van der Waals surface area contributed by atoms with E-state index in [2.05, 4.69) is 10.6 Å². The Morgan fingerprint density at radius 1 is 0.875 bits per heavy atom. The molecule has 0 saturated carbocycles. The van der Waals surface area contributed by atoms with Crippen LogP contribution in [0.15, 0.2) is 42.5 Å². The third-order valence-corrected chi connectivity index (χ3v) is 4.11. The number of anilines is 2. The van der Waals surface area contributed by atoms with Crippen molar-refractivity contribution < 1.29 is 14.0 Å². The van der Waals surface area contributed by atoms with Gasteiger partial charge in [-0.05, 0) is 42.5 Å². The number of benzene rings is 2. The molecule has 0 saturated heterocycles. The summed E-state index contributed by atoms with van der Waals surface area (Å²) in [4.78, 5) is 23.6. The molecule has 2 aromatic carbocycles. The van der Waals surface area contributed by atoms with Crippen LogP contribution in [0.5, 0.6) is 0 Å². The second-order valence-electron chi connectivity index (χ2n) is 4.75. The quantitative estimate of drug-likeness (QED) is 0.771. The summed E-state index contributed by atoms with van der Waals surface area (Å²) in [5.74, 6) is -0.722. The maximum Gasteiger partial charge on any atom is 0.234 e. The maximum absolute atomic E-state index is 12.8. The molecule has 0 fully saturated rings. The van der Waals surface area contributed by atoms with Crippen molar-refractivity contribution in [2.24, 2.45) is 0 Å². The Balaban J connectivity index is 1.73. The lowest BCUT2D eigenvalue weighted by Gasteiger charge is -2.07. The number of hydrogen-bond donors (Lipinski definition) is 2. The fraction of sp³-hybridized carbons (Fsp3) is 0.125. The summed E-state index contributed by atoms with van der Waals surface area (Å²) in [7, 11) is 0. The van der Waals surface area contributed by atoms with E-state index < -0.39 is 0 Å². The molecule has 24 heavy (non-hydrogen) atoms. The second-order valence-corrected chi connectivity index (χ2v) is 6.61. The van der Waals surface area contributed by atoms with Gasteiger partial charge in [0.25, 0.3) is 0 Å². The number of thioether (sulfide) groups is 1. The van der Waals surface area contributed by atoms with Crippen LogP contribution in [0.3, 0.4) is 0 Å². The van der Waals surface area contributed by atoms with Gasteiger partial charge in [0.05, 0.1) is 11.5 Å². The summed E-state index contributed by atoms with van der Waals surface area (Å²) in [5, 5.41) is 6.11. The monoisotopic (exact) mass is 386 g/mol. The number of halogens is 3. The van der Waals surface area contributed by atoms with Crippen molar-refractivity contribution in [1.82, 2.24) is 0 Å². The average Bonchev–Trinajstić information content (AvgIpc) is 2.48. The number of hydrogen-bond acceptors (Lipinski definition) is 3. The molecule has 2 N–H and O–H groups in total. The van der Waals surface area contributed by atoms with Crippen molar-refractivity contribution in [2.75, 3.05) is 22.1 Å². The maximum atomic E-state index is 12.8. The van der Waals surface area contributed by atoms with Crippen molar-refractivity contribution in [2.45, 2.75) is 0 Å². The Kier molecular flexibility index (Phi) is 6.90. The molecule has 2 rings (SSSR count). The number of rotatable bonds is 6. The number of amides is 2. The molecule has 0 unspecified atom stereocenters. The highest BCUT2D eigenvalue weighted by Gasteiger charge is 2.08. The van der Waals surface area contributed by atoms with Gasteiger partial charge in [-0.1, -0.05) is 23.2 Å². The van der Waals surface area contributed by atoms with Gasteiger partial charge in [0.2, 0.25) is 11.8 Å². The third kappa shape index (κ3) is 6.39. The molecule has 2 aromatic rings. The number of carbonyl (C=O) groups excluding carboxylic acids is 2. The predicted octanol–water partition coefficient (Wildman–Crippen LogP) is 4.44. The molecular weight excluding hydrogens is 374 g/mol. The van der Waals surface area contributed by atoms with Gasteiger partial charge in [-0.25, -0.2) is 4.39 Å². The van der Waals surface area contributed by atoms with Crippen molar-refractivity contribution >= 4 is 58.2 Å². The highest BCUT2D eigenvalue weighted by molar-refractivity contribution is 8.00. The predicted molar refractivity (Wildman–Crippen MR) is 97.4 cm³/mol. The summed E-state index contributed by atoms with van der Waals surface area (Å²) < 4.78 is 12.8. The minimum Gasteiger partial charge on any atom is -0.325 e. The fourth-order valence-corrected chi connectivity index (χ4v) is 2.93. The van der Waals surface area contributed by atoms with Gasteiger partial charge in [0, 0.05) is 21.4 Å². The topological polar surface area (TPSA) is 58.2 Å². The molecule has 8 heteroatoms. The Bertz CT molecular complexity index is 721. The van der Waals surface area contributed by atoms with Crippen LogP contribution in [0.4, 0.5) is 15.8 Å². The van der Waals surface area contributed by atoms with Crippen LogP contribution >= 0.6 is 35.0 Å². The van der Waals surface area contributed by atoms with Crippen LogP contribution in [0.25, 0.3) is 0 Å². The van der Waals surface area contributed by atoms with E-state index in [-0.39, 0.29) is 29.1 Å². The number of carbonyl (C=O) groups is 2. The molecule has 0 aliphatic rings. The third-order valence-electron chi connectivity index (χ3n) is 2.74. The average molecular weight is 387 g/mol. The van der Waals surface area contributed by atoms with Gasteiger partial charge in [-0.3, -0.25) is 9.59 Å². The normalized spacial score (nSPS) is 10.3. The summed E-state index contributed by atoms with van der Waals surface area (Å²) in [6.07, 6.45) is 0.